The van der Waals surface area contributed by atoms with Crippen LogP contribution in [-0.4, -0.2) is 91.2 Å². The third kappa shape index (κ3) is 7.49. The number of benzene rings is 2. The minimum Gasteiger partial charge on any atom is -0.457 e. The van der Waals surface area contributed by atoms with Gasteiger partial charge >= 0.3 is 0 Å². The summed E-state index contributed by atoms with van der Waals surface area (Å²) in [6.07, 6.45) is 6.06. The lowest BCUT2D eigenvalue weighted by Gasteiger charge is -2.45. The van der Waals surface area contributed by atoms with Gasteiger partial charge in [0.2, 0.25) is 0 Å². The van der Waals surface area contributed by atoms with Gasteiger partial charge < -0.3 is 15.4 Å². The Balaban J connectivity index is 1.17. The number of hydrogen-bond donors (Lipinski definition) is 1. The summed E-state index contributed by atoms with van der Waals surface area (Å²) in [6, 6.07) is 16.2. The number of allylic oxidation sites excluding steroid dienone is 1. The molecule has 4 heterocycles. The maximum Gasteiger partial charge on any atom is 0.264 e. The van der Waals surface area contributed by atoms with Gasteiger partial charge in [-0.25, -0.2) is 19.0 Å². The molecule has 2 aliphatic heterocycles. The first-order valence-corrected chi connectivity index (χ1v) is 17.5. The largest absolute Gasteiger partial charge is 0.457 e. The Labute approximate surface area is 293 Å². The highest BCUT2D eigenvalue weighted by molar-refractivity contribution is 5.99. The number of nitrogen functional groups attached to an aromatic ring is 1. The number of carbonyl (C=O) groups excluding carboxylic acids is 1. The molecule has 2 aromatic carbocycles. The zero-order chi connectivity index (χ0) is 35.4. The summed E-state index contributed by atoms with van der Waals surface area (Å²) in [6.45, 7) is 13.9. The number of amides is 1. The van der Waals surface area contributed by atoms with Crippen LogP contribution in [0.25, 0.3) is 22.3 Å². The van der Waals surface area contributed by atoms with Gasteiger partial charge in [-0.1, -0.05) is 24.3 Å². The lowest BCUT2D eigenvalue weighted by atomic mass is 9.94. The average molecular weight is 680 g/mol. The predicted octanol–water partition coefficient (Wildman–Crippen LogP) is 6.21. The number of rotatable bonds is 10. The Morgan fingerprint density at radius 1 is 1.10 bits per heavy atom. The van der Waals surface area contributed by atoms with Gasteiger partial charge in [0, 0.05) is 62.5 Å². The van der Waals surface area contributed by atoms with E-state index in [4.69, 9.17) is 15.6 Å². The van der Waals surface area contributed by atoms with Crippen molar-refractivity contribution in [3.8, 4) is 28.8 Å². The van der Waals surface area contributed by atoms with Crippen LogP contribution < -0.4 is 10.5 Å². The number of nitrogens with zero attached hydrogens (tertiary/aromatic N) is 8. The number of nitriles is 1. The molecule has 262 valence electrons. The molecule has 0 spiro atoms. The van der Waals surface area contributed by atoms with E-state index in [1.54, 1.807) is 39.9 Å². The van der Waals surface area contributed by atoms with E-state index < -0.39 is 5.82 Å². The summed E-state index contributed by atoms with van der Waals surface area (Å²) >= 11 is 0. The van der Waals surface area contributed by atoms with E-state index in [2.05, 4.69) is 53.5 Å². The Morgan fingerprint density at radius 2 is 1.86 bits per heavy atom. The van der Waals surface area contributed by atoms with Gasteiger partial charge in [-0.3, -0.25) is 14.6 Å². The molecule has 11 nitrogen and oxygen atoms in total. The lowest BCUT2D eigenvalue weighted by Crippen LogP contribution is -2.55. The fourth-order valence-corrected chi connectivity index (χ4v) is 7.08. The zero-order valence-corrected chi connectivity index (χ0v) is 29.3. The van der Waals surface area contributed by atoms with Crippen LogP contribution in [0, 0.1) is 17.1 Å². The van der Waals surface area contributed by atoms with E-state index in [1.165, 1.54) is 12.4 Å². The van der Waals surface area contributed by atoms with Crippen molar-refractivity contribution < 1.29 is 13.9 Å². The number of likely N-dealkylation sites (tertiary alicyclic amines) is 1. The Hall–Kier alpha value is -4.86. The van der Waals surface area contributed by atoms with Gasteiger partial charge in [0.25, 0.3) is 5.91 Å². The van der Waals surface area contributed by atoms with E-state index in [-0.39, 0.29) is 34.4 Å². The maximum absolute atomic E-state index is 15.7. The molecule has 0 radical (unpaired) electrons. The number of piperazine rings is 1. The number of anilines is 1. The molecular formula is C38H46FN9O2. The minimum absolute atomic E-state index is 0.0450. The predicted molar refractivity (Wildman–Crippen MR) is 192 cm³/mol. The molecule has 2 fully saturated rings. The number of hydrogen-bond acceptors (Lipinski definition) is 9. The van der Waals surface area contributed by atoms with Crippen molar-refractivity contribution in [3.63, 3.8) is 0 Å². The number of aromatic nitrogens is 4. The Kier molecular flexibility index (Phi) is 10.5. The normalized spacial score (nSPS) is 18.1. The summed E-state index contributed by atoms with van der Waals surface area (Å²) in [5.41, 5.74) is 7.45. The summed E-state index contributed by atoms with van der Waals surface area (Å²) in [4.78, 5) is 29.1. The van der Waals surface area contributed by atoms with Crippen LogP contribution >= 0.6 is 0 Å². The SMILES string of the molecule is CC(C)N1CCN(C(C)(C)CC/C=C(\C#N)C(=O)N2CCC[C@@H](n3nc(-c4ccc(Oc5ccccc5)cc4F)c4c(N)ncnc43)C2)CC1. The van der Waals surface area contributed by atoms with E-state index in [9.17, 15) is 10.1 Å². The first-order valence-electron chi connectivity index (χ1n) is 17.5. The Bertz CT molecular complexity index is 1890. The number of carbonyl (C=O) groups is 1. The molecule has 6 rings (SSSR count). The second-order valence-electron chi connectivity index (χ2n) is 14.1. The Morgan fingerprint density at radius 3 is 2.56 bits per heavy atom. The molecule has 50 heavy (non-hydrogen) atoms. The van der Waals surface area contributed by atoms with Crippen LogP contribution in [0.2, 0.25) is 0 Å². The summed E-state index contributed by atoms with van der Waals surface area (Å²) < 4.78 is 23.2. The second-order valence-corrected chi connectivity index (χ2v) is 14.1. The molecule has 0 unspecified atom stereocenters. The van der Waals surface area contributed by atoms with Gasteiger partial charge in [0.1, 0.15) is 46.8 Å². The maximum atomic E-state index is 15.7. The molecule has 12 heteroatoms. The third-order valence-corrected chi connectivity index (χ3v) is 10.1. The highest BCUT2D eigenvalue weighted by Gasteiger charge is 2.32. The van der Waals surface area contributed by atoms with Crippen LogP contribution in [0.4, 0.5) is 10.2 Å². The highest BCUT2D eigenvalue weighted by atomic mass is 19.1. The van der Waals surface area contributed by atoms with Gasteiger partial charge in [-0.15, -0.1) is 0 Å². The molecule has 1 atom stereocenters. The van der Waals surface area contributed by atoms with Gasteiger partial charge in [0.15, 0.2) is 5.65 Å². The topological polar surface area (TPSA) is 129 Å². The van der Waals surface area contributed by atoms with E-state index in [0.717, 1.165) is 39.0 Å². The van der Waals surface area contributed by atoms with Crippen molar-refractivity contribution in [2.75, 3.05) is 45.0 Å². The molecule has 2 aliphatic rings. The van der Waals surface area contributed by atoms with E-state index >= 15 is 4.39 Å². The van der Waals surface area contributed by atoms with Crippen LogP contribution in [-0.2, 0) is 4.79 Å². The molecule has 2 N–H and O–H groups in total. The number of para-hydroxylation sites is 1. The van der Waals surface area contributed by atoms with Crippen molar-refractivity contribution in [1.82, 2.24) is 34.4 Å². The average Bonchev–Trinajstić information content (AvgIpc) is 3.51. The smallest absolute Gasteiger partial charge is 0.264 e. The summed E-state index contributed by atoms with van der Waals surface area (Å²) in [5, 5.41) is 15.3. The number of ether oxygens (including phenoxy) is 1. The van der Waals surface area contributed by atoms with Crippen molar-refractivity contribution in [3.05, 3.63) is 72.3 Å². The molecule has 2 saturated heterocycles. The molecule has 0 bridgehead atoms. The molecule has 1 amide bonds. The first kappa shape index (κ1) is 35.0. The molecule has 0 saturated carbocycles. The summed E-state index contributed by atoms with van der Waals surface area (Å²) in [5.74, 6) is 0.312. The number of fused-ring (bicyclic) bond motifs is 1. The quantitative estimate of drug-likeness (QED) is 0.154. The first-order chi connectivity index (χ1) is 24.1. The third-order valence-electron chi connectivity index (χ3n) is 10.1. The van der Waals surface area contributed by atoms with Crippen LogP contribution in [0.5, 0.6) is 11.5 Å². The van der Waals surface area contributed by atoms with E-state index in [0.29, 0.717) is 60.2 Å². The van der Waals surface area contributed by atoms with Gasteiger partial charge in [0.05, 0.1) is 11.4 Å². The number of halogens is 1. The molecular weight excluding hydrogens is 633 g/mol. The number of piperidine rings is 1. The van der Waals surface area contributed by atoms with Gasteiger partial charge in [-0.05, 0) is 77.6 Å². The fraction of sp³-hybridized carbons (Fsp3) is 0.447. The standard InChI is InChI=1S/C38H46FN9O2/c1-26(2)45-18-20-47(21-19-45)38(3,4)16-8-10-27(23-40)37(49)46-17-9-11-28(24-46)48-36-33(35(41)42-25-43-36)34(44-48)31-15-14-30(22-32(31)39)50-29-12-6-5-7-13-29/h5-7,10,12-15,22,25-26,28H,8-9,11,16-21,24H2,1-4H3,(H2,41,42,43)/b27-10+/t28-/m1/s1. The van der Waals surface area contributed by atoms with Crippen molar-refractivity contribution in [1.29, 1.82) is 5.26 Å². The van der Waals surface area contributed by atoms with Crippen molar-refractivity contribution >= 4 is 22.8 Å². The van der Waals surface area contributed by atoms with Crippen LogP contribution in [0.3, 0.4) is 0 Å². The molecule has 0 aliphatic carbocycles. The molecule has 2 aromatic heterocycles. The highest BCUT2D eigenvalue weighted by Crippen LogP contribution is 2.36. The van der Waals surface area contributed by atoms with Gasteiger partial charge in [-0.2, -0.15) is 10.4 Å². The van der Waals surface area contributed by atoms with E-state index in [1.807, 2.05) is 18.2 Å². The van der Waals surface area contributed by atoms with Crippen LogP contribution in [0.1, 0.15) is 59.4 Å². The lowest BCUT2D eigenvalue weighted by molar-refractivity contribution is -0.128. The number of nitrogens with two attached hydrogens (primary N) is 1. The summed E-state index contributed by atoms with van der Waals surface area (Å²) in [7, 11) is 0. The second kappa shape index (κ2) is 14.9. The fourth-order valence-electron chi connectivity index (χ4n) is 7.08. The van der Waals surface area contributed by atoms with Crippen LogP contribution in [0.15, 0.2) is 66.5 Å². The monoisotopic (exact) mass is 679 g/mol. The van der Waals surface area contributed by atoms with Crippen molar-refractivity contribution in [2.24, 2.45) is 0 Å². The molecule has 4 aromatic rings. The zero-order valence-electron chi connectivity index (χ0n) is 29.3. The minimum atomic E-state index is -0.529. The van der Waals surface area contributed by atoms with Crippen molar-refractivity contribution in [2.45, 2.75) is 71.0 Å².